The lowest BCUT2D eigenvalue weighted by Gasteiger charge is -2.27. The first-order valence-electron chi connectivity index (χ1n) is 6.96. The third-order valence-electron chi connectivity index (χ3n) is 3.40. The molecule has 110 valence electrons. The summed E-state index contributed by atoms with van der Waals surface area (Å²) >= 11 is 0. The van der Waals surface area contributed by atoms with E-state index < -0.39 is 5.97 Å². The predicted molar refractivity (Wildman–Crippen MR) is 75.4 cm³/mol. The molecule has 1 aromatic carbocycles. The van der Waals surface area contributed by atoms with E-state index in [1.54, 1.807) is 24.3 Å². The van der Waals surface area contributed by atoms with Gasteiger partial charge in [-0.1, -0.05) is 12.1 Å². The minimum Gasteiger partial charge on any atom is -0.490 e. The summed E-state index contributed by atoms with van der Waals surface area (Å²) in [6, 6.07) is 6.76. The van der Waals surface area contributed by atoms with Crippen molar-refractivity contribution in [3.63, 3.8) is 0 Å². The molecule has 1 unspecified atom stereocenters. The molecule has 1 atom stereocenters. The molecule has 1 fully saturated rings. The molecule has 5 nitrogen and oxygen atoms in total. The molecule has 5 heteroatoms. The fourth-order valence-electron chi connectivity index (χ4n) is 2.21. The van der Waals surface area contributed by atoms with Crippen molar-refractivity contribution in [2.75, 3.05) is 32.8 Å². The first-order valence-corrected chi connectivity index (χ1v) is 6.96. The molecular weight excluding hydrogens is 258 g/mol. The molecule has 0 bridgehead atoms. The number of benzene rings is 1. The van der Waals surface area contributed by atoms with Crippen LogP contribution in [0.2, 0.25) is 0 Å². The fourth-order valence-corrected chi connectivity index (χ4v) is 2.21. The highest BCUT2D eigenvalue weighted by Crippen LogP contribution is 2.20. The van der Waals surface area contributed by atoms with Crippen LogP contribution in [-0.4, -0.2) is 54.9 Å². The highest BCUT2D eigenvalue weighted by molar-refractivity contribution is 5.90. The van der Waals surface area contributed by atoms with Gasteiger partial charge >= 0.3 is 5.97 Å². The number of morpholine rings is 1. The molecule has 0 radical (unpaired) electrons. The molecule has 20 heavy (non-hydrogen) atoms. The highest BCUT2D eigenvalue weighted by atomic mass is 16.5. The van der Waals surface area contributed by atoms with Crippen LogP contribution in [0.25, 0.3) is 0 Å². The van der Waals surface area contributed by atoms with Gasteiger partial charge in [0.15, 0.2) is 0 Å². The maximum absolute atomic E-state index is 11.1. The SMILES string of the molecule is CC(CCN1CCOCC1)Oc1ccccc1C(=O)O. The molecule has 1 heterocycles. The Bertz CT molecular complexity index is 443. The van der Waals surface area contributed by atoms with Crippen LogP contribution >= 0.6 is 0 Å². The Morgan fingerprint density at radius 2 is 2.10 bits per heavy atom. The first-order chi connectivity index (χ1) is 9.66. The summed E-state index contributed by atoms with van der Waals surface area (Å²) in [5, 5.41) is 9.11. The minimum atomic E-state index is -0.957. The van der Waals surface area contributed by atoms with Crippen LogP contribution in [0.3, 0.4) is 0 Å². The van der Waals surface area contributed by atoms with Crippen LogP contribution in [0, 0.1) is 0 Å². The zero-order chi connectivity index (χ0) is 14.4. The van der Waals surface area contributed by atoms with Crippen LogP contribution in [0.4, 0.5) is 0 Å². The average Bonchev–Trinajstić information content (AvgIpc) is 2.46. The quantitative estimate of drug-likeness (QED) is 0.861. The molecule has 0 aromatic heterocycles. The predicted octanol–water partition coefficient (Wildman–Crippen LogP) is 1.87. The molecular formula is C15H21NO4. The van der Waals surface area contributed by atoms with E-state index in [4.69, 9.17) is 14.6 Å². The van der Waals surface area contributed by atoms with E-state index in [2.05, 4.69) is 4.90 Å². The van der Waals surface area contributed by atoms with Crippen molar-refractivity contribution < 1.29 is 19.4 Å². The van der Waals surface area contributed by atoms with Gasteiger partial charge < -0.3 is 14.6 Å². The van der Waals surface area contributed by atoms with Crippen molar-refractivity contribution in [3.05, 3.63) is 29.8 Å². The van der Waals surface area contributed by atoms with E-state index in [9.17, 15) is 4.79 Å². The average molecular weight is 279 g/mol. The monoisotopic (exact) mass is 279 g/mol. The summed E-state index contributed by atoms with van der Waals surface area (Å²) in [7, 11) is 0. The van der Waals surface area contributed by atoms with Gasteiger partial charge in [0.05, 0.1) is 19.3 Å². The zero-order valence-corrected chi connectivity index (χ0v) is 11.7. The van der Waals surface area contributed by atoms with Gasteiger partial charge in [-0.05, 0) is 25.5 Å². The molecule has 0 saturated carbocycles. The topological polar surface area (TPSA) is 59.0 Å². The van der Waals surface area contributed by atoms with E-state index in [1.807, 2.05) is 6.92 Å². The summed E-state index contributed by atoms with van der Waals surface area (Å²) in [5.41, 5.74) is 0.214. The first kappa shape index (κ1) is 14.8. The number of hydrogen-bond acceptors (Lipinski definition) is 4. The van der Waals surface area contributed by atoms with Crippen molar-refractivity contribution in [3.8, 4) is 5.75 Å². The lowest BCUT2D eigenvalue weighted by Crippen LogP contribution is -2.38. The highest BCUT2D eigenvalue weighted by Gasteiger charge is 2.15. The van der Waals surface area contributed by atoms with E-state index >= 15 is 0 Å². The molecule has 1 aliphatic heterocycles. The smallest absolute Gasteiger partial charge is 0.339 e. The fraction of sp³-hybridized carbons (Fsp3) is 0.533. The second kappa shape index (κ2) is 7.26. The number of aromatic carboxylic acids is 1. The number of carboxylic acid groups (broad SMARTS) is 1. The third-order valence-corrected chi connectivity index (χ3v) is 3.40. The van der Waals surface area contributed by atoms with Gasteiger partial charge in [-0.15, -0.1) is 0 Å². The molecule has 1 saturated heterocycles. The summed E-state index contributed by atoms with van der Waals surface area (Å²) in [5.74, 6) is -0.518. The number of hydrogen-bond donors (Lipinski definition) is 1. The molecule has 1 aliphatic rings. The van der Waals surface area contributed by atoms with Gasteiger partial charge in [-0.3, -0.25) is 4.90 Å². The number of nitrogens with zero attached hydrogens (tertiary/aromatic N) is 1. The number of ether oxygens (including phenoxy) is 2. The van der Waals surface area contributed by atoms with Crippen LogP contribution in [0.1, 0.15) is 23.7 Å². The number of carboxylic acids is 1. The van der Waals surface area contributed by atoms with Crippen LogP contribution in [0.5, 0.6) is 5.75 Å². The normalized spacial score (nSPS) is 17.6. The van der Waals surface area contributed by atoms with Gasteiger partial charge in [0.2, 0.25) is 0 Å². The van der Waals surface area contributed by atoms with Crippen LogP contribution in [0.15, 0.2) is 24.3 Å². The Hall–Kier alpha value is -1.59. The van der Waals surface area contributed by atoms with Crippen LogP contribution < -0.4 is 4.74 Å². The Morgan fingerprint density at radius 1 is 1.40 bits per heavy atom. The van der Waals surface area contributed by atoms with Crippen molar-refractivity contribution in [2.45, 2.75) is 19.4 Å². The molecule has 0 spiro atoms. The van der Waals surface area contributed by atoms with Gasteiger partial charge in [0.1, 0.15) is 11.3 Å². The number of carbonyl (C=O) groups is 1. The third kappa shape index (κ3) is 4.21. The largest absolute Gasteiger partial charge is 0.490 e. The van der Waals surface area contributed by atoms with E-state index in [-0.39, 0.29) is 11.7 Å². The summed E-state index contributed by atoms with van der Waals surface area (Å²) in [6.07, 6.45) is 0.854. The lowest BCUT2D eigenvalue weighted by molar-refractivity contribution is 0.0325. The Labute approximate surface area is 119 Å². The van der Waals surface area contributed by atoms with Crippen molar-refractivity contribution >= 4 is 5.97 Å². The van der Waals surface area contributed by atoms with E-state index in [0.717, 1.165) is 39.3 Å². The second-order valence-corrected chi connectivity index (χ2v) is 4.97. The van der Waals surface area contributed by atoms with E-state index in [1.165, 1.54) is 0 Å². The van der Waals surface area contributed by atoms with Crippen molar-refractivity contribution in [1.29, 1.82) is 0 Å². The standard InChI is InChI=1S/C15H21NO4/c1-12(6-7-16-8-10-19-11-9-16)20-14-5-3-2-4-13(14)15(17)18/h2-5,12H,6-11H2,1H3,(H,17,18). The molecule has 1 N–H and O–H groups in total. The molecule has 2 rings (SSSR count). The second-order valence-electron chi connectivity index (χ2n) is 4.97. The Kier molecular flexibility index (Phi) is 5.38. The minimum absolute atomic E-state index is 0.0154. The van der Waals surface area contributed by atoms with Gasteiger partial charge in [-0.25, -0.2) is 4.79 Å². The summed E-state index contributed by atoms with van der Waals surface area (Å²) in [6.45, 7) is 6.41. The van der Waals surface area contributed by atoms with E-state index in [0.29, 0.717) is 5.75 Å². The van der Waals surface area contributed by atoms with Gasteiger partial charge in [-0.2, -0.15) is 0 Å². The Morgan fingerprint density at radius 3 is 2.80 bits per heavy atom. The maximum Gasteiger partial charge on any atom is 0.339 e. The van der Waals surface area contributed by atoms with Crippen LogP contribution in [-0.2, 0) is 4.74 Å². The molecule has 1 aromatic rings. The Balaban J connectivity index is 1.84. The zero-order valence-electron chi connectivity index (χ0n) is 11.7. The summed E-state index contributed by atoms with van der Waals surface area (Å²) < 4.78 is 11.1. The molecule has 0 amide bonds. The lowest BCUT2D eigenvalue weighted by atomic mass is 10.2. The van der Waals surface area contributed by atoms with Crippen molar-refractivity contribution in [2.24, 2.45) is 0 Å². The number of rotatable bonds is 6. The van der Waals surface area contributed by atoms with Gasteiger partial charge in [0.25, 0.3) is 0 Å². The molecule has 0 aliphatic carbocycles. The maximum atomic E-state index is 11.1. The van der Waals surface area contributed by atoms with Crippen molar-refractivity contribution in [1.82, 2.24) is 4.90 Å². The summed E-state index contributed by atoms with van der Waals surface area (Å²) in [4.78, 5) is 13.4. The number of para-hydroxylation sites is 1. The van der Waals surface area contributed by atoms with Gasteiger partial charge in [0, 0.05) is 19.6 Å².